The summed E-state index contributed by atoms with van der Waals surface area (Å²) in [5, 5.41) is 105. The Kier molecular flexibility index (Phi) is 48.1. The van der Waals surface area contributed by atoms with E-state index in [0.717, 1.165) is 0 Å². The van der Waals surface area contributed by atoms with Gasteiger partial charge in [0.2, 0.25) is 83.1 Å². The van der Waals surface area contributed by atoms with Crippen molar-refractivity contribution in [2.24, 2.45) is 52.0 Å². The molecule has 0 fully saturated rings. The number of hydrogen-bond donors (Lipinski definition) is 33. The van der Waals surface area contributed by atoms with Crippen molar-refractivity contribution >= 4 is 130 Å². The molecule has 0 saturated carbocycles. The molecule has 14 amide bonds. The third-order valence-corrected chi connectivity index (χ3v) is 19.7. The van der Waals surface area contributed by atoms with Crippen LogP contribution in [0.3, 0.4) is 0 Å². The molecule has 1 aromatic heterocycles. The minimum atomic E-state index is -1.68. The quantitative estimate of drug-likeness (QED) is 0.00820. The van der Waals surface area contributed by atoms with Crippen LogP contribution in [0.15, 0.2) is 54.7 Å². The molecule has 126 heavy (non-hydrogen) atoms. The first-order valence-corrected chi connectivity index (χ1v) is 41.4. The number of phenolic OH excluding ortho intramolecular Hbond substituents is 1. The van der Waals surface area contributed by atoms with Gasteiger partial charge in [-0.25, -0.2) is 0 Å². The van der Waals surface area contributed by atoms with Gasteiger partial charge in [-0.2, -0.15) is 0 Å². The van der Waals surface area contributed by atoms with Crippen LogP contribution >= 0.6 is 0 Å². The Labute approximate surface area is 728 Å². The highest BCUT2D eigenvalue weighted by molar-refractivity contribution is 6.24. The number of nitrogens with one attached hydrogen (secondary N) is 24. The zero-order valence-electron chi connectivity index (χ0n) is 71.6. The minimum Gasteiger partial charge on any atom is -0.508 e. The number of aromatic hydroxyl groups is 1. The van der Waals surface area contributed by atoms with Crippen LogP contribution in [0.4, 0.5) is 0 Å². The van der Waals surface area contributed by atoms with Gasteiger partial charge < -0.3 is 151 Å². The Morgan fingerprint density at radius 3 is 1.19 bits per heavy atom. The van der Waals surface area contributed by atoms with Crippen LogP contribution in [0.25, 0.3) is 10.9 Å². The normalized spacial score (nSPS) is 14.0. The average molecular weight is 1770 g/mol. The Bertz CT molecular complexity index is 4190. The largest absolute Gasteiger partial charge is 0.508 e. The number of aldehydes is 1. The molecule has 0 radical (unpaired) electrons. The molecule has 3 aromatic rings. The fraction of sp³-hybridized carbons (Fsp3) is 0.564. The second kappa shape index (κ2) is 56.9. The lowest BCUT2D eigenvalue weighted by Crippen LogP contribution is -2.61. The Morgan fingerprint density at radius 1 is 0.421 bits per heavy atom. The van der Waals surface area contributed by atoms with Crippen molar-refractivity contribution in [3.05, 3.63) is 65.9 Å². The molecule has 40 N–H and O–H groups in total. The molecule has 0 saturated heterocycles. The molecule has 0 aliphatic rings. The first-order valence-electron chi connectivity index (χ1n) is 41.4. The number of nitrogens with two attached hydrogens (primary N) is 7. The SMILES string of the molecule is CC[C@H](C)[C@H](NC(=O)[C@H](CO)NC(=O)C=O)C(=O)N[C@@H](Cc1ccc(O)cc1)C(=O)N[C@@H](CCCNC(=N)N)C(=O)N[C@@H](CCCNC(=N)N)C(=O)NCC(=O)N[C@@H](C)C(=O)N[C@@H](CCCNC(=N)N)C(=O)N[C@@H](CCCNC(=N)N)C(=O)N[C@@H](Cc1c[nH]c2ccccc12)C(=O)N[C@@H](CCCNC(=N)N)C(=O)N[C@@H](CCCCN)C(=O)N[C@@H](CC(C)C)C(N)=O. The summed E-state index contributed by atoms with van der Waals surface area (Å²) in [7, 11) is 0. The molecule has 48 nitrogen and oxygen atoms in total. The number of phenols is 1. The van der Waals surface area contributed by atoms with Gasteiger partial charge >= 0.3 is 0 Å². The van der Waals surface area contributed by atoms with Crippen LogP contribution in [0.5, 0.6) is 5.75 Å². The van der Waals surface area contributed by atoms with Crippen molar-refractivity contribution in [3.8, 4) is 5.75 Å². The van der Waals surface area contributed by atoms with Gasteiger partial charge in [0.15, 0.2) is 29.8 Å². The van der Waals surface area contributed by atoms with Crippen LogP contribution in [-0.2, 0) is 84.8 Å². The zero-order valence-corrected chi connectivity index (χ0v) is 71.6. The van der Waals surface area contributed by atoms with Crippen molar-refractivity contribution in [2.75, 3.05) is 52.4 Å². The number of aliphatic hydroxyl groups is 1. The number of rotatable bonds is 60. The lowest BCUT2D eigenvalue weighted by molar-refractivity contribution is -0.137. The number of amides is 14. The number of aromatic amines is 1. The van der Waals surface area contributed by atoms with Crippen molar-refractivity contribution in [3.63, 3.8) is 0 Å². The molecule has 0 bridgehead atoms. The number of carbonyl (C=O) groups excluding carboxylic acids is 15. The van der Waals surface area contributed by atoms with Gasteiger partial charge in [-0.1, -0.05) is 64.4 Å². The van der Waals surface area contributed by atoms with E-state index in [0.29, 0.717) is 34.9 Å². The summed E-state index contributed by atoms with van der Waals surface area (Å²) in [6, 6.07) is -5.35. The van der Waals surface area contributed by atoms with Crippen LogP contribution in [0.2, 0.25) is 0 Å². The van der Waals surface area contributed by atoms with E-state index < -0.39 is 198 Å². The van der Waals surface area contributed by atoms with Gasteiger partial charge in [0.25, 0.3) is 5.91 Å². The molecule has 0 aliphatic carbocycles. The van der Waals surface area contributed by atoms with E-state index in [-0.39, 0.29) is 159 Å². The molecule has 0 unspecified atom stereocenters. The predicted octanol–water partition coefficient (Wildman–Crippen LogP) is -8.17. The van der Waals surface area contributed by atoms with Crippen molar-refractivity contribution in [1.29, 1.82) is 27.0 Å². The number of aliphatic hydroxyl groups excluding tert-OH is 1. The zero-order chi connectivity index (χ0) is 94.1. The number of benzene rings is 2. The number of guanidine groups is 5. The maximum Gasteiger partial charge on any atom is 0.284 e. The van der Waals surface area contributed by atoms with E-state index >= 15 is 9.59 Å². The molecule has 13 atom stereocenters. The molecular formula is C78H129N31O17. The summed E-state index contributed by atoms with van der Waals surface area (Å²) in [5.41, 5.74) is 40.8. The van der Waals surface area contributed by atoms with E-state index in [2.05, 4.69) is 95.4 Å². The van der Waals surface area contributed by atoms with Crippen molar-refractivity contribution in [1.82, 2.24) is 101 Å². The van der Waals surface area contributed by atoms with Crippen LogP contribution in [-0.4, -0.2) is 259 Å². The highest BCUT2D eigenvalue weighted by atomic mass is 16.3. The molecule has 1 heterocycles. The third kappa shape index (κ3) is 41.0. The molecule has 698 valence electrons. The topological polar surface area (TPSA) is 830 Å². The van der Waals surface area contributed by atoms with E-state index in [4.69, 9.17) is 67.2 Å². The lowest BCUT2D eigenvalue weighted by atomic mass is 9.96. The summed E-state index contributed by atoms with van der Waals surface area (Å²) in [4.78, 5) is 212. The second-order valence-electron chi connectivity index (χ2n) is 30.5. The lowest BCUT2D eigenvalue weighted by Gasteiger charge is -2.29. The number of H-pyrrole nitrogens is 1. The number of para-hydroxylation sites is 1. The monoisotopic (exact) mass is 1770 g/mol. The maximum absolute atomic E-state index is 15.1. The molecule has 2 aromatic carbocycles. The molecule has 0 spiro atoms. The first-order chi connectivity index (χ1) is 59.7. The Morgan fingerprint density at radius 2 is 0.794 bits per heavy atom. The number of hydrogen-bond acceptors (Lipinski definition) is 23. The van der Waals surface area contributed by atoms with Crippen molar-refractivity contribution < 1.29 is 82.1 Å². The third-order valence-electron chi connectivity index (χ3n) is 19.7. The summed E-state index contributed by atoms with van der Waals surface area (Å²) < 4.78 is 0. The van der Waals surface area contributed by atoms with E-state index in [1.807, 2.05) is 19.2 Å². The highest BCUT2D eigenvalue weighted by Gasteiger charge is 2.38. The fourth-order valence-electron chi connectivity index (χ4n) is 12.7. The summed E-state index contributed by atoms with van der Waals surface area (Å²) in [6.45, 7) is 6.49. The van der Waals surface area contributed by atoms with Gasteiger partial charge in [0, 0.05) is 62.7 Å². The first kappa shape index (κ1) is 106. The van der Waals surface area contributed by atoms with Gasteiger partial charge in [-0.3, -0.25) is 99.0 Å². The predicted molar refractivity (Wildman–Crippen MR) is 466 cm³/mol. The number of primary amides is 1. The van der Waals surface area contributed by atoms with E-state index in [9.17, 15) is 72.5 Å². The van der Waals surface area contributed by atoms with E-state index in [1.165, 1.54) is 31.2 Å². The van der Waals surface area contributed by atoms with Gasteiger partial charge in [-0.05, 0) is 145 Å². The van der Waals surface area contributed by atoms with Gasteiger partial charge in [0.05, 0.1) is 13.2 Å². The number of aromatic nitrogens is 1. The minimum absolute atomic E-state index is 0.0192. The maximum atomic E-state index is 15.1. The summed E-state index contributed by atoms with van der Waals surface area (Å²) in [6.07, 6.45) is 1.35. The van der Waals surface area contributed by atoms with E-state index in [1.54, 1.807) is 44.3 Å². The second-order valence-corrected chi connectivity index (χ2v) is 30.5. The Balaban J connectivity index is 2.04. The molecular weight excluding hydrogens is 1640 g/mol. The number of unbranched alkanes of at least 4 members (excludes halogenated alkanes) is 1. The van der Waals surface area contributed by atoms with Crippen LogP contribution in [0.1, 0.15) is 142 Å². The average Bonchev–Trinajstić information content (AvgIpc) is 1.62. The number of fused-ring (bicyclic) bond motifs is 1. The van der Waals surface area contributed by atoms with Crippen molar-refractivity contribution in [2.45, 2.75) is 216 Å². The molecule has 3 rings (SSSR count). The highest BCUT2D eigenvalue weighted by Crippen LogP contribution is 2.21. The number of carbonyl (C=O) groups is 15. The fourth-order valence-corrected chi connectivity index (χ4v) is 12.7. The van der Waals surface area contributed by atoms with Crippen LogP contribution < -0.4 is 136 Å². The standard InChI is InChI=1S/C78H129N31O17/c1-6-42(4)61(109-72(125)58(39-110)99-60(114)40-111)73(126)108-56(35-44-24-26-46(112)27-25-44)70(123)104-52(21-13-31-93-76(85)86)66(119)101-49(19-11-29-91-74(81)82)64(117)97-38-59(113)98-43(5)63(116)100-51(20-12-30-92-75(83)84)65(118)103-54(23-15-33-95-78(89)90)69(122)107-57(36-45-37-96-48-17-8-7-16-47(45)48)71(124)105-53(22-14-32-94-77(87)88)67(120)102-50(18-9-10-28-79)68(121)106-55(62(80)115)34-41(2)3/h7-8,16-17,24-27,37,40-43,49-58,61,96,110,112H,6,9-15,18-23,28-36,38-39,79H2,1-5H3,(H2,80,115)(H,97,117)(H,98,113)(H,99,114)(H,100,116)(H,101,119)(H,102,120)(H,103,118)(H,104,123)(H,105,124)(H,106,121)(H,107,122)(H,108,126)(H,109,125)(H4,81,82,91)(H4,83,84,92)(H4,85,86,93)(H4,87,88,94)(H4,89,90,95)/t42-,43-,49-,50-,51-,52-,53-,54-,55-,56-,57-,58-,61-/m0/s1. The molecule has 0 aliphatic heterocycles. The smallest absolute Gasteiger partial charge is 0.284 e. The summed E-state index contributed by atoms with van der Waals surface area (Å²) >= 11 is 0. The Hall–Kier alpha value is -13.7. The molecule has 48 heteroatoms. The van der Waals surface area contributed by atoms with Gasteiger partial charge in [-0.15, -0.1) is 0 Å². The van der Waals surface area contributed by atoms with Gasteiger partial charge in [0.1, 0.15) is 78.3 Å². The summed E-state index contributed by atoms with van der Waals surface area (Å²) in [5.74, 6) is -16.6. The van der Waals surface area contributed by atoms with Crippen LogP contribution in [0, 0.1) is 38.9 Å².